The highest BCUT2D eigenvalue weighted by Gasteiger charge is 2.22. The van der Waals surface area contributed by atoms with Gasteiger partial charge in [-0.15, -0.1) is 0 Å². The highest BCUT2D eigenvalue weighted by Crippen LogP contribution is 2.31. The molecular formula is C18H17N5O. The number of amides is 1. The van der Waals surface area contributed by atoms with Crippen LogP contribution in [0, 0.1) is 0 Å². The molecule has 24 heavy (non-hydrogen) atoms. The third kappa shape index (κ3) is 2.56. The summed E-state index contributed by atoms with van der Waals surface area (Å²) in [5, 5.41) is 3.31. The van der Waals surface area contributed by atoms with Crippen molar-refractivity contribution in [1.82, 2.24) is 15.0 Å². The monoisotopic (exact) mass is 319 g/mol. The van der Waals surface area contributed by atoms with E-state index in [2.05, 4.69) is 26.3 Å². The number of hydrogen-bond acceptors (Lipinski definition) is 5. The summed E-state index contributed by atoms with van der Waals surface area (Å²) < 4.78 is 0. The summed E-state index contributed by atoms with van der Waals surface area (Å²) in [7, 11) is 0. The highest BCUT2D eigenvalue weighted by molar-refractivity contribution is 5.96. The molecule has 0 atom stereocenters. The summed E-state index contributed by atoms with van der Waals surface area (Å²) in [5.74, 6) is 0.919. The van der Waals surface area contributed by atoms with Crippen molar-refractivity contribution in [2.45, 2.75) is 19.8 Å². The molecule has 1 aliphatic heterocycles. The summed E-state index contributed by atoms with van der Waals surface area (Å²) >= 11 is 0. The number of aryl methyl sites for hydroxylation is 1. The summed E-state index contributed by atoms with van der Waals surface area (Å²) in [5.41, 5.74) is 4.53. The predicted molar refractivity (Wildman–Crippen MR) is 93.4 cm³/mol. The number of carbonyl (C=O) groups excluding carboxylic acids is 1. The van der Waals surface area contributed by atoms with Crippen LogP contribution in [0.2, 0.25) is 0 Å². The van der Waals surface area contributed by atoms with Crippen LogP contribution < -0.4 is 10.2 Å². The van der Waals surface area contributed by atoms with Gasteiger partial charge < -0.3 is 10.2 Å². The molecule has 1 N–H and O–H groups in total. The van der Waals surface area contributed by atoms with E-state index in [0.29, 0.717) is 18.6 Å². The van der Waals surface area contributed by atoms with Gasteiger partial charge >= 0.3 is 0 Å². The molecule has 1 aromatic carbocycles. The Labute approximate surface area is 139 Å². The zero-order chi connectivity index (χ0) is 16.5. The second-order valence-electron chi connectivity index (χ2n) is 5.70. The molecule has 3 heterocycles. The molecule has 0 fully saturated rings. The molecular weight excluding hydrogens is 302 g/mol. The zero-order valence-electron chi connectivity index (χ0n) is 13.4. The predicted octanol–water partition coefficient (Wildman–Crippen LogP) is 3.07. The quantitative estimate of drug-likeness (QED) is 0.803. The van der Waals surface area contributed by atoms with Crippen LogP contribution in [0.4, 0.5) is 17.2 Å². The first-order valence-electron chi connectivity index (χ1n) is 8.02. The number of fused-ring (bicyclic) bond motifs is 2. The Balaban J connectivity index is 1.64. The lowest BCUT2D eigenvalue weighted by Crippen LogP contribution is -2.34. The normalized spacial score (nSPS) is 13.9. The van der Waals surface area contributed by atoms with E-state index >= 15 is 0 Å². The van der Waals surface area contributed by atoms with Crippen LogP contribution >= 0.6 is 0 Å². The average Bonchev–Trinajstić information content (AvgIpc) is 2.62. The van der Waals surface area contributed by atoms with Crippen molar-refractivity contribution in [2.24, 2.45) is 0 Å². The summed E-state index contributed by atoms with van der Waals surface area (Å²) in [6.45, 7) is 2.70. The molecule has 120 valence electrons. The molecule has 0 unspecified atom stereocenters. The lowest BCUT2D eigenvalue weighted by atomic mass is 10.0. The fourth-order valence-electron chi connectivity index (χ4n) is 3.06. The van der Waals surface area contributed by atoms with Crippen LogP contribution in [-0.2, 0) is 11.2 Å². The lowest BCUT2D eigenvalue weighted by Gasteiger charge is -2.28. The van der Waals surface area contributed by atoms with Crippen molar-refractivity contribution in [3.05, 3.63) is 48.3 Å². The van der Waals surface area contributed by atoms with Gasteiger partial charge in [-0.3, -0.25) is 9.78 Å². The van der Waals surface area contributed by atoms with Gasteiger partial charge in [-0.25, -0.2) is 9.97 Å². The number of hydrogen-bond donors (Lipinski definition) is 1. The molecule has 4 rings (SSSR count). The Kier molecular flexibility index (Phi) is 3.57. The fraction of sp³-hybridized carbons (Fsp3) is 0.222. The van der Waals surface area contributed by atoms with Crippen LogP contribution in [0.1, 0.15) is 18.9 Å². The third-order valence-corrected chi connectivity index (χ3v) is 4.20. The molecule has 0 radical (unpaired) electrons. The minimum absolute atomic E-state index is 0.195. The molecule has 0 saturated heterocycles. The number of anilines is 3. The van der Waals surface area contributed by atoms with Crippen LogP contribution in [0.15, 0.2) is 42.7 Å². The van der Waals surface area contributed by atoms with Gasteiger partial charge in [0.15, 0.2) is 5.65 Å². The molecule has 3 aromatic rings. The summed E-state index contributed by atoms with van der Waals surface area (Å²) in [6.07, 6.45) is 4.63. The van der Waals surface area contributed by atoms with E-state index in [1.54, 1.807) is 12.4 Å². The van der Waals surface area contributed by atoms with E-state index < -0.39 is 0 Å². The second-order valence-corrected chi connectivity index (χ2v) is 5.70. The molecule has 1 aliphatic rings. The van der Waals surface area contributed by atoms with E-state index in [1.165, 1.54) is 5.56 Å². The number of pyridine rings is 1. The molecule has 0 aliphatic carbocycles. The molecule has 6 nitrogen and oxygen atoms in total. The number of nitrogens with one attached hydrogen (secondary N) is 1. The minimum Gasteiger partial charge on any atom is -0.340 e. The van der Waals surface area contributed by atoms with Crippen LogP contribution in [0.25, 0.3) is 11.2 Å². The maximum Gasteiger partial charge on any atom is 0.227 e. The second kappa shape index (κ2) is 5.88. The first-order chi connectivity index (χ1) is 11.7. The summed E-state index contributed by atoms with van der Waals surface area (Å²) in [4.78, 5) is 26.7. The highest BCUT2D eigenvalue weighted by atomic mass is 16.2. The van der Waals surface area contributed by atoms with Gasteiger partial charge in [-0.1, -0.05) is 0 Å². The molecule has 0 saturated carbocycles. The molecule has 0 bridgehead atoms. The van der Waals surface area contributed by atoms with E-state index in [0.717, 1.165) is 29.1 Å². The zero-order valence-corrected chi connectivity index (χ0v) is 13.4. The Bertz CT molecular complexity index is 924. The number of rotatable bonds is 3. The van der Waals surface area contributed by atoms with Crippen molar-refractivity contribution in [2.75, 3.05) is 16.8 Å². The Morgan fingerprint density at radius 1 is 1.12 bits per heavy atom. The first-order valence-corrected chi connectivity index (χ1v) is 8.02. The number of nitrogens with zero attached hydrogens (tertiary/aromatic N) is 4. The number of aromatic nitrogens is 3. The van der Waals surface area contributed by atoms with Crippen molar-refractivity contribution >= 4 is 34.3 Å². The fourth-order valence-corrected chi connectivity index (χ4v) is 3.06. The molecule has 1 amide bonds. The van der Waals surface area contributed by atoms with E-state index in [1.807, 2.05) is 36.1 Å². The Morgan fingerprint density at radius 2 is 2.00 bits per heavy atom. The molecule has 2 aromatic heterocycles. The maximum atomic E-state index is 12.0. The maximum absolute atomic E-state index is 12.0. The molecule has 0 spiro atoms. The van der Waals surface area contributed by atoms with Gasteiger partial charge in [0.25, 0.3) is 0 Å². The van der Waals surface area contributed by atoms with Crippen LogP contribution in [-0.4, -0.2) is 27.4 Å². The smallest absolute Gasteiger partial charge is 0.227 e. The van der Waals surface area contributed by atoms with Gasteiger partial charge in [0.2, 0.25) is 5.91 Å². The Morgan fingerprint density at radius 3 is 2.88 bits per heavy atom. The van der Waals surface area contributed by atoms with Gasteiger partial charge in [0, 0.05) is 36.7 Å². The van der Waals surface area contributed by atoms with E-state index in [9.17, 15) is 4.79 Å². The van der Waals surface area contributed by atoms with Crippen molar-refractivity contribution in [3.8, 4) is 0 Å². The van der Waals surface area contributed by atoms with Gasteiger partial charge in [0.1, 0.15) is 11.3 Å². The van der Waals surface area contributed by atoms with Crippen LogP contribution in [0.3, 0.4) is 0 Å². The number of carbonyl (C=O) groups is 1. The number of benzene rings is 1. The van der Waals surface area contributed by atoms with Crippen molar-refractivity contribution < 1.29 is 4.79 Å². The largest absolute Gasteiger partial charge is 0.340 e. The summed E-state index contributed by atoms with van der Waals surface area (Å²) in [6, 6.07) is 9.85. The third-order valence-electron chi connectivity index (χ3n) is 4.20. The first kappa shape index (κ1) is 14.6. The van der Waals surface area contributed by atoms with E-state index in [-0.39, 0.29) is 5.91 Å². The van der Waals surface area contributed by atoms with Crippen molar-refractivity contribution in [1.29, 1.82) is 0 Å². The van der Waals surface area contributed by atoms with Crippen LogP contribution in [0.5, 0.6) is 0 Å². The molecule has 6 heteroatoms. The minimum atomic E-state index is 0.195. The standard InChI is InChI=1S/C18H17N5O/c1-2-23-15-6-4-13(11-12(15)3-8-17(23)24)21-16-7-5-14-18(22-16)20-10-9-19-14/h4-7,9-11H,2-3,8H2,1H3,(H,20,21,22). The van der Waals surface area contributed by atoms with E-state index in [4.69, 9.17) is 0 Å². The van der Waals surface area contributed by atoms with Gasteiger partial charge in [-0.2, -0.15) is 0 Å². The van der Waals surface area contributed by atoms with Crippen molar-refractivity contribution in [3.63, 3.8) is 0 Å². The SMILES string of the molecule is CCN1C(=O)CCc2cc(Nc3ccc4nccnc4n3)ccc21. The van der Waals surface area contributed by atoms with Gasteiger partial charge in [-0.05, 0) is 49.2 Å². The van der Waals surface area contributed by atoms with Gasteiger partial charge in [0.05, 0.1) is 0 Å². The average molecular weight is 319 g/mol. The Hall–Kier alpha value is -3.02. The lowest BCUT2D eigenvalue weighted by molar-refractivity contribution is -0.118. The topological polar surface area (TPSA) is 71.0 Å².